The summed E-state index contributed by atoms with van der Waals surface area (Å²) in [5.41, 5.74) is 1.34. The van der Waals surface area contributed by atoms with Gasteiger partial charge in [0.2, 0.25) is 0 Å². The summed E-state index contributed by atoms with van der Waals surface area (Å²) in [5, 5.41) is 10.2. The number of carbonyl (C=O) groups is 1. The molecule has 0 spiro atoms. The second-order valence-electron chi connectivity index (χ2n) is 8.71. The fraction of sp³-hybridized carbons (Fsp3) is 0.720. The van der Waals surface area contributed by atoms with Gasteiger partial charge in [0, 0.05) is 5.97 Å². The van der Waals surface area contributed by atoms with E-state index in [9.17, 15) is 9.90 Å². The van der Waals surface area contributed by atoms with Crippen molar-refractivity contribution in [3.8, 4) is 0 Å². The summed E-state index contributed by atoms with van der Waals surface area (Å²) in [6.07, 6.45) is 16.9. The van der Waals surface area contributed by atoms with E-state index >= 15 is 0 Å². The lowest BCUT2D eigenvalue weighted by Gasteiger charge is -2.22. The Bertz CT molecular complexity index is 465. The van der Waals surface area contributed by atoms with Gasteiger partial charge in [-0.25, -0.2) is 0 Å². The molecule has 0 radical (unpaired) electrons. The first-order valence-electron chi connectivity index (χ1n) is 11.4. The number of carbonyl (C=O) groups excluding carboxylic acids is 1. The smallest absolute Gasteiger partial charge is 0.132 e. The third kappa shape index (κ3) is 18.0. The highest BCUT2D eigenvalue weighted by atomic mass is 16.4. The van der Waals surface area contributed by atoms with Gasteiger partial charge in [-0.15, -0.1) is 0 Å². The lowest BCUT2D eigenvalue weighted by Crippen LogP contribution is -2.34. The number of hydrogen-bond acceptors (Lipinski definition) is 2. The lowest BCUT2D eigenvalue weighted by atomic mass is 10.0. The van der Waals surface area contributed by atoms with Gasteiger partial charge < -0.3 is 9.90 Å². The molecular formula is C25H45NO2. The molecule has 0 aliphatic rings. The Hall–Kier alpha value is -1.35. The number of benzene rings is 1. The Morgan fingerprint density at radius 2 is 1.11 bits per heavy atom. The zero-order valence-electron chi connectivity index (χ0n) is 19.0. The van der Waals surface area contributed by atoms with Crippen molar-refractivity contribution >= 4 is 11.7 Å². The van der Waals surface area contributed by atoms with E-state index < -0.39 is 5.97 Å². The Labute approximate surface area is 174 Å². The van der Waals surface area contributed by atoms with Crippen molar-refractivity contribution in [1.82, 2.24) is 4.48 Å². The van der Waals surface area contributed by atoms with E-state index in [0.717, 1.165) is 17.3 Å². The summed E-state index contributed by atoms with van der Waals surface area (Å²) in [6, 6.07) is 10.5. The number of rotatable bonds is 15. The van der Waals surface area contributed by atoms with Crippen LogP contribution in [0.15, 0.2) is 30.3 Å². The molecule has 0 heterocycles. The monoisotopic (exact) mass is 391 g/mol. The fourth-order valence-electron chi connectivity index (χ4n) is 3.16. The summed E-state index contributed by atoms with van der Waals surface area (Å²) in [5.74, 6) is -0.905. The molecule has 0 unspecified atom stereocenters. The predicted octanol–water partition coefficient (Wildman–Crippen LogP) is 6.10. The minimum Gasteiger partial charge on any atom is -0.550 e. The van der Waals surface area contributed by atoms with Crippen LogP contribution in [0.25, 0.3) is 0 Å². The molecule has 0 saturated carbocycles. The van der Waals surface area contributed by atoms with Crippen molar-refractivity contribution in [2.24, 2.45) is 0 Å². The Balaban J connectivity index is 0.000000609. The number of carboxylic acids is 1. The largest absolute Gasteiger partial charge is 0.550 e. The number of hydrogen-bond donors (Lipinski definition) is 0. The second-order valence-corrected chi connectivity index (χ2v) is 8.71. The SMILES string of the molecule is CCCCCCCCCCCCCCCC(=O)[O-].C[N+](C)(C)c1ccccc1. The van der Waals surface area contributed by atoms with Gasteiger partial charge >= 0.3 is 0 Å². The highest BCUT2D eigenvalue weighted by Gasteiger charge is 2.08. The van der Waals surface area contributed by atoms with E-state index in [2.05, 4.69) is 52.3 Å². The minimum atomic E-state index is -0.905. The van der Waals surface area contributed by atoms with Crippen LogP contribution in [0.2, 0.25) is 0 Å². The van der Waals surface area contributed by atoms with Gasteiger partial charge in [-0.2, -0.15) is 0 Å². The second kappa shape index (κ2) is 17.7. The van der Waals surface area contributed by atoms with E-state index in [0.29, 0.717) is 0 Å². The van der Waals surface area contributed by atoms with Crippen LogP contribution in [-0.4, -0.2) is 27.1 Å². The van der Waals surface area contributed by atoms with Crippen molar-refractivity contribution in [2.45, 2.75) is 96.8 Å². The van der Waals surface area contributed by atoms with Gasteiger partial charge in [-0.1, -0.05) is 102 Å². The number of nitrogens with zero attached hydrogens (tertiary/aromatic N) is 1. The maximum atomic E-state index is 10.2. The Kier molecular flexibility index (Phi) is 16.9. The standard InChI is InChI=1S/C16H32O2.C9H14N/c1-2-3-4-5-6-7-8-9-10-11-12-13-14-15-16(17)18;1-10(2,3)9-7-5-4-6-8-9/h2-15H2,1H3,(H,17,18);4-8H,1-3H3/q;+1/p-1. The molecule has 1 aromatic carbocycles. The summed E-state index contributed by atoms with van der Waals surface area (Å²) >= 11 is 0. The number of para-hydroxylation sites is 1. The topological polar surface area (TPSA) is 40.1 Å². The first kappa shape index (κ1) is 26.6. The summed E-state index contributed by atoms with van der Waals surface area (Å²) in [7, 11) is 6.49. The maximum absolute atomic E-state index is 10.2. The van der Waals surface area contributed by atoms with Crippen molar-refractivity contribution in [1.29, 1.82) is 0 Å². The van der Waals surface area contributed by atoms with E-state index in [1.807, 2.05) is 6.07 Å². The third-order valence-electron chi connectivity index (χ3n) is 5.02. The van der Waals surface area contributed by atoms with E-state index in [1.54, 1.807) is 0 Å². The molecule has 3 nitrogen and oxygen atoms in total. The number of unbranched alkanes of at least 4 members (excludes halogenated alkanes) is 12. The van der Waals surface area contributed by atoms with Crippen molar-refractivity contribution in [2.75, 3.05) is 21.1 Å². The van der Waals surface area contributed by atoms with Crippen LogP contribution in [0.3, 0.4) is 0 Å². The Morgan fingerprint density at radius 1 is 0.714 bits per heavy atom. The van der Waals surface area contributed by atoms with Crippen LogP contribution in [-0.2, 0) is 4.79 Å². The molecule has 0 aliphatic carbocycles. The zero-order valence-corrected chi connectivity index (χ0v) is 19.0. The van der Waals surface area contributed by atoms with Crippen molar-refractivity contribution in [3.05, 3.63) is 30.3 Å². The molecule has 0 fully saturated rings. The van der Waals surface area contributed by atoms with Crippen LogP contribution < -0.4 is 9.59 Å². The Morgan fingerprint density at radius 3 is 1.43 bits per heavy atom. The first-order chi connectivity index (χ1) is 13.4. The van der Waals surface area contributed by atoms with Gasteiger partial charge in [-0.05, 0) is 25.0 Å². The molecule has 0 amide bonds. The highest BCUT2D eigenvalue weighted by molar-refractivity contribution is 5.64. The molecule has 0 aromatic heterocycles. The number of carboxylic acid groups (broad SMARTS) is 1. The molecule has 1 rings (SSSR count). The van der Waals surface area contributed by atoms with Crippen LogP contribution >= 0.6 is 0 Å². The quantitative estimate of drug-likeness (QED) is 0.268. The number of aliphatic carboxylic acids is 1. The molecule has 0 atom stereocenters. The van der Waals surface area contributed by atoms with Crippen LogP contribution in [0.1, 0.15) is 96.8 Å². The maximum Gasteiger partial charge on any atom is 0.132 e. The fourth-order valence-corrected chi connectivity index (χ4v) is 3.16. The van der Waals surface area contributed by atoms with Gasteiger partial charge in [0.1, 0.15) is 5.69 Å². The minimum absolute atomic E-state index is 0.234. The molecule has 3 heteroatoms. The van der Waals surface area contributed by atoms with E-state index in [1.165, 1.54) is 76.3 Å². The molecular weight excluding hydrogens is 346 g/mol. The zero-order chi connectivity index (χ0) is 21.1. The molecule has 28 heavy (non-hydrogen) atoms. The van der Waals surface area contributed by atoms with Gasteiger partial charge in [0.05, 0.1) is 21.1 Å². The third-order valence-corrected chi connectivity index (χ3v) is 5.02. The summed E-state index contributed by atoms with van der Waals surface area (Å²) in [6.45, 7) is 2.26. The van der Waals surface area contributed by atoms with Crippen LogP contribution in [0.5, 0.6) is 0 Å². The number of quaternary nitrogens is 1. The first-order valence-corrected chi connectivity index (χ1v) is 11.4. The normalized spacial score (nSPS) is 11.0. The van der Waals surface area contributed by atoms with E-state index in [-0.39, 0.29) is 6.42 Å². The van der Waals surface area contributed by atoms with Crippen LogP contribution in [0.4, 0.5) is 5.69 Å². The predicted molar refractivity (Wildman–Crippen MR) is 121 cm³/mol. The van der Waals surface area contributed by atoms with Crippen molar-refractivity contribution in [3.63, 3.8) is 0 Å². The highest BCUT2D eigenvalue weighted by Crippen LogP contribution is 2.14. The summed E-state index contributed by atoms with van der Waals surface area (Å²) < 4.78 is 0.890. The van der Waals surface area contributed by atoms with Gasteiger partial charge in [-0.3, -0.25) is 4.48 Å². The molecule has 162 valence electrons. The van der Waals surface area contributed by atoms with Crippen molar-refractivity contribution < 1.29 is 9.90 Å². The molecule has 0 saturated heterocycles. The molecule has 0 bridgehead atoms. The lowest BCUT2D eigenvalue weighted by molar-refractivity contribution is -0.305. The average molecular weight is 392 g/mol. The van der Waals surface area contributed by atoms with Gasteiger partial charge in [0.15, 0.2) is 0 Å². The summed E-state index contributed by atoms with van der Waals surface area (Å²) in [4.78, 5) is 10.2. The van der Waals surface area contributed by atoms with Gasteiger partial charge in [0.25, 0.3) is 0 Å². The molecule has 0 N–H and O–H groups in total. The van der Waals surface area contributed by atoms with Crippen LogP contribution in [0, 0.1) is 0 Å². The molecule has 0 aliphatic heterocycles. The average Bonchev–Trinajstić information content (AvgIpc) is 2.66. The van der Waals surface area contributed by atoms with E-state index in [4.69, 9.17) is 0 Å². The molecule has 1 aromatic rings.